The fourth-order valence-electron chi connectivity index (χ4n) is 5.48. The Morgan fingerprint density at radius 1 is 0.974 bits per heavy atom. The molecule has 4 aromatic carbocycles. The first-order valence-electron chi connectivity index (χ1n) is 12.9. The average Bonchev–Trinajstić information content (AvgIpc) is 3.43. The highest BCUT2D eigenvalue weighted by molar-refractivity contribution is 6.31. The van der Waals surface area contributed by atoms with Gasteiger partial charge in [0.05, 0.1) is 11.7 Å². The van der Waals surface area contributed by atoms with E-state index >= 15 is 0 Å². The van der Waals surface area contributed by atoms with Gasteiger partial charge in [-0.2, -0.15) is 0 Å². The van der Waals surface area contributed by atoms with Gasteiger partial charge in [0.25, 0.3) is 0 Å². The van der Waals surface area contributed by atoms with Crippen molar-refractivity contribution in [3.63, 3.8) is 0 Å². The molecular formula is C33H28Cl2N2O. The summed E-state index contributed by atoms with van der Waals surface area (Å²) < 4.78 is 6.07. The number of allylic oxidation sites excluding steroid dienone is 2. The fourth-order valence-corrected chi connectivity index (χ4v) is 5.85. The Kier molecular flexibility index (Phi) is 6.97. The second-order valence-electron chi connectivity index (χ2n) is 9.98. The van der Waals surface area contributed by atoms with Gasteiger partial charge in [-0.25, -0.2) is 0 Å². The number of hydrogen-bond donors (Lipinski definition) is 1. The largest absolute Gasteiger partial charge is 0.488 e. The summed E-state index contributed by atoms with van der Waals surface area (Å²) in [6.07, 6.45) is 7.60. The van der Waals surface area contributed by atoms with Gasteiger partial charge in [0.15, 0.2) is 0 Å². The number of hydrogen-bond acceptors (Lipinski definition) is 3. The number of aliphatic imine (C=N–C) groups is 1. The molecular weight excluding hydrogens is 511 g/mol. The Balaban J connectivity index is 1.20. The lowest BCUT2D eigenvalue weighted by atomic mass is 9.76. The van der Waals surface area contributed by atoms with Crippen LogP contribution in [-0.2, 0) is 6.61 Å². The number of nitrogens with one attached hydrogen (secondary N) is 1. The zero-order chi connectivity index (χ0) is 26.1. The summed E-state index contributed by atoms with van der Waals surface area (Å²) in [5, 5.41) is 5.13. The van der Waals surface area contributed by atoms with Crippen LogP contribution in [0.1, 0.15) is 46.2 Å². The van der Waals surface area contributed by atoms with Crippen molar-refractivity contribution in [1.82, 2.24) is 0 Å². The van der Waals surface area contributed by atoms with Crippen molar-refractivity contribution < 1.29 is 4.74 Å². The van der Waals surface area contributed by atoms with Crippen LogP contribution in [0.5, 0.6) is 5.75 Å². The minimum absolute atomic E-state index is 0.265. The third-order valence-corrected chi connectivity index (χ3v) is 8.04. The molecule has 0 spiro atoms. The number of ether oxygens (including phenoxy) is 1. The van der Waals surface area contributed by atoms with Crippen LogP contribution in [0.2, 0.25) is 10.0 Å². The molecule has 190 valence electrons. The first-order valence-corrected chi connectivity index (χ1v) is 13.6. The number of aryl methyl sites for hydroxylation is 1. The first kappa shape index (κ1) is 24.8. The predicted molar refractivity (Wildman–Crippen MR) is 158 cm³/mol. The second-order valence-corrected chi connectivity index (χ2v) is 10.8. The van der Waals surface area contributed by atoms with Crippen LogP contribution in [0.25, 0.3) is 0 Å². The van der Waals surface area contributed by atoms with Crippen LogP contribution in [-0.4, -0.2) is 6.21 Å². The van der Waals surface area contributed by atoms with Crippen LogP contribution in [0.4, 0.5) is 11.4 Å². The summed E-state index contributed by atoms with van der Waals surface area (Å²) >= 11 is 12.6. The summed E-state index contributed by atoms with van der Waals surface area (Å²) in [4.78, 5) is 4.73. The Labute approximate surface area is 233 Å². The molecule has 0 unspecified atom stereocenters. The smallest absolute Gasteiger partial charge is 0.128 e. The molecule has 0 aromatic heterocycles. The van der Waals surface area contributed by atoms with Gasteiger partial charge in [-0.3, -0.25) is 4.99 Å². The van der Waals surface area contributed by atoms with E-state index in [1.807, 2.05) is 42.5 Å². The zero-order valence-corrected chi connectivity index (χ0v) is 22.6. The lowest BCUT2D eigenvalue weighted by Gasteiger charge is -2.37. The van der Waals surface area contributed by atoms with Gasteiger partial charge in [-0.05, 0) is 72.9 Å². The van der Waals surface area contributed by atoms with Crippen molar-refractivity contribution >= 4 is 40.8 Å². The molecule has 3 nitrogen and oxygen atoms in total. The van der Waals surface area contributed by atoms with Gasteiger partial charge >= 0.3 is 0 Å². The summed E-state index contributed by atoms with van der Waals surface area (Å²) in [6, 6.07) is 28.7. The maximum Gasteiger partial charge on any atom is 0.128 e. The average molecular weight is 540 g/mol. The first-order chi connectivity index (χ1) is 18.5. The molecule has 1 heterocycles. The van der Waals surface area contributed by atoms with E-state index in [2.05, 4.69) is 66.9 Å². The van der Waals surface area contributed by atoms with Crippen molar-refractivity contribution in [3.05, 3.63) is 135 Å². The highest BCUT2D eigenvalue weighted by atomic mass is 35.5. The predicted octanol–water partition coefficient (Wildman–Crippen LogP) is 9.46. The van der Waals surface area contributed by atoms with Crippen molar-refractivity contribution in [2.75, 3.05) is 5.32 Å². The Bertz CT molecular complexity index is 1530. The minimum atomic E-state index is 0.265. The molecule has 0 bridgehead atoms. The van der Waals surface area contributed by atoms with Crippen molar-refractivity contribution in [2.45, 2.75) is 31.9 Å². The lowest BCUT2D eigenvalue weighted by Crippen LogP contribution is -2.29. The van der Waals surface area contributed by atoms with E-state index < -0.39 is 0 Å². The van der Waals surface area contributed by atoms with Gasteiger partial charge in [-0.15, -0.1) is 0 Å². The number of anilines is 1. The molecule has 1 aliphatic carbocycles. The molecule has 1 N–H and O–H groups in total. The summed E-state index contributed by atoms with van der Waals surface area (Å²) in [7, 11) is 0. The van der Waals surface area contributed by atoms with Crippen LogP contribution < -0.4 is 10.1 Å². The van der Waals surface area contributed by atoms with Gasteiger partial charge in [-0.1, -0.05) is 83.4 Å². The van der Waals surface area contributed by atoms with Gasteiger partial charge in [0.2, 0.25) is 0 Å². The SMILES string of the molecule is Cc1ccc2c(c1)[C@@H]1C=CC[C@@H]1[C@H](c1ccc(N=Cc3cc(Cl)ccc3OCc3ccccc3Cl)cc1)N2. The summed E-state index contributed by atoms with van der Waals surface area (Å²) in [5.74, 6) is 1.68. The van der Waals surface area contributed by atoms with E-state index in [9.17, 15) is 0 Å². The fraction of sp³-hybridized carbons (Fsp3) is 0.182. The minimum Gasteiger partial charge on any atom is -0.488 e. The topological polar surface area (TPSA) is 33.6 Å². The number of benzene rings is 4. The molecule has 1 aliphatic heterocycles. The van der Waals surface area contributed by atoms with Crippen molar-refractivity contribution in [2.24, 2.45) is 10.9 Å². The van der Waals surface area contributed by atoms with Crippen LogP contribution in [0.15, 0.2) is 102 Å². The monoisotopic (exact) mass is 538 g/mol. The molecule has 5 heteroatoms. The third kappa shape index (κ3) is 5.09. The lowest BCUT2D eigenvalue weighted by molar-refractivity contribution is 0.306. The Morgan fingerprint density at radius 3 is 2.66 bits per heavy atom. The summed E-state index contributed by atoms with van der Waals surface area (Å²) in [6.45, 7) is 2.53. The standard InChI is InChI=1S/C33H28Cl2N2O/c1-21-9-15-31-29(17-21)27-6-4-7-28(27)33(37-31)22-10-13-26(14-11-22)36-19-24-18-25(34)12-16-32(24)38-20-23-5-2-3-8-30(23)35/h2-6,8-19,27-28,33,37H,7,20H2,1H3/t27-,28+,33+/m1/s1. The second kappa shape index (κ2) is 10.7. The quantitative estimate of drug-likeness (QED) is 0.196. The molecule has 3 atom stereocenters. The number of nitrogens with zero attached hydrogens (tertiary/aromatic N) is 1. The number of fused-ring (bicyclic) bond motifs is 3. The highest BCUT2D eigenvalue weighted by Crippen LogP contribution is 2.50. The molecule has 4 aromatic rings. The van der Waals surface area contributed by atoms with Gasteiger partial charge in [0.1, 0.15) is 12.4 Å². The van der Waals surface area contributed by atoms with Gasteiger partial charge in [0, 0.05) is 39.0 Å². The molecule has 6 rings (SSSR count). The molecule has 0 saturated heterocycles. The normalized spacial score (nSPS) is 19.7. The number of halogens is 2. The molecule has 0 radical (unpaired) electrons. The molecule has 2 aliphatic rings. The van der Waals surface area contributed by atoms with Crippen LogP contribution in [0.3, 0.4) is 0 Å². The van der Waals surface area contributed by atoms with Crippen LogP contribution >= 0.6 is 23.2 Å². The number of rotatable bonds is 6. The highest BCUT2D eigenvalue weighted by Gasteiger charge is 2.37. The van der Waals surface area contributed by atoms with Crippen LogP contribution in [0, 0.1) is 12.8 Å². The zero-order valence-electron chi connectivity index (χ0n) is 21.1. The van der Waals surface area contributed by atoms with Crippen molar-refractivity contribution in [3.8, 4) is 5.75 Å². The maximum absolute atomic E-state index is 6.29. The summed E-state index contributed by atoms with van der Waals surface area (Å²) in [5.41, 5.74) is 7.85. The van der Waals surface area contributed by atoms with E-state index in [-0.39, 0.29) is 6.04 Å². The van der Waals surface area contributed by atoms with E-state index in [1.54, 1.807) is 6.21 Å². The molecule has 0 saturated carbocycles. The van der Waals surface area contributed by atoms with E-state index in [0.29, 0.717) is 34.2 Å². The van der Waals surface area contributed by atoms with Gasteiger partial charge < -0.3 is 10.1 Å². The Morgan fingerprint density at radius 2 is 1.82 bits per heavy atom. The maximum atomic E-state index is 6.29. The van der Waals surface area contributed by atoms with E-state index in [4.69, 9.17) is 32.9 Å². The van der Waals surface area contributed by atoms with E-state index in [1.165, 1.54) is 22.4 Å². The molecule has 0 amide bonds. The molecule has 38 heavy (non-hydrogen) atoms. The van der Waals surface area contributed by atoms with E-state index in [0.717, 1.165) is 23.2 Å². The Hall–Kier alpha value is -3.53. The third-order valence-electron chi connectivity index (χ3n) is 7.44. The molecule has 0 fully saturated rings. The van der Waals surface area contributed by atoms with Crippen molar-refractivity contribution in [1.29, 1.82) is 0 Å².